The second kappa shape index (κ2) is 8.47. The first-order chi connectivity index (χ1) is 13.5. The first-order valence-corrected chi connectivity index (χ1v) is 8.63. The number of nitrogens with one attached hydrogen (secondary N) is 1. The molecule has 1 atom stereocenters. The van der Waals surface area contributed by atoms with Crippen molar-refractivity contribution in [3.05, 3.63) is 77.3 Å². The van der Waals surface area contributed by atoms with E-state index in [9.17, 15) is 14.0 Å². The molecule has 1 aromatic heterocycles. The molecule has 0 bridgehead atoms. The topological polar surface area (TPSA) is 81.4 Å². The number of aryl methyl sites for hydroxylation is 1. The fraction of sp³-hybridized carbons (Fsp3) is 0.190. The summed E-state index contributed by atoms with van der Waals surface area (Å²) < 4.78 is 23.0. The van der Waals surface area contributed by atoms with Crippen LogP contribution in [0.15, 0.2) is 59.1 Å². The number of aromatic nitrogens is 1. The van der Waals surface area contributed by atoms with Crippen LogP contribution in [0.25, 0.3) is 11.3 Å². The number of halogens is 1. The maximum Gasteiger partial charge on any atom is 0.307 e. The lowest BCUT2D eigenvalue weighted by Crippen LogP contribution is -2.30. The summed E-state index contributed by atoms with van der Waals surface area (Å²) in [6.07, 6.45) is -0.104. The molecule has 0 saturated carbocycles. The monoisotopic (exact) mass is 382 g/mol. The molecule has 7 heteroatoms. The number of hydrogen-bond acceptors (Lipinski definition) is 5. The molecule has 2 aromatic carbocycles. The van der Waals surface area contributed by atoms with Gasteiger partial charge in [-0.3, -0.25) is 9.59 Å². The maximum atomic E-state index is 13.2. The van der Waals surface area contributed by atoms with Crippen molar-refractivity contribution in [3.8, 4) is 11.3 Å². The van der Waals surface area contributed by atoms with Crippen LogP contribution in [0.3, 0.4) is 0 Å². The van der Waals surface area contributed by atoms with E-state index in [0.717, 1.165) is 11.1 Å². The average molecular weight is 382 g/mol. The predicted molar refractivity (Wildman–Crippen MR) is 99.9 cm³/mol. The Hall–Kier alpha value is -3.48. The molecular formula is C21H19FN2O4. The summed E-state index contributed by atoms with van der Waals surface area (Å²) in [5.41, 5.74) is 3.02. The standard InChI is InChI=1S/C21H19FN2O4/c1-13-3-5-15(6-4-13)18-11-19(28-24-18)21(26)23-17(12-20(25)27-2)14-7-9-16(22)10-8-14/h3-11,17H,12H2,1-2H3,(H,23,26). The molecule has 0 aliphatic rings. The highest BCUT2D eigenvalue weighted by molar-refractivity contribution is 5.93. The number of benzene rings is 2. The Bertz CT molecular complexity index is 965. The smallest absolute Gasteiger partial charge is 0.307 e. The van der Waals surface area contributed by atoms with E-state index in [1.807, 2.05) is 31.2 Å². The zero-order chi connectivity index (χ0) is 20.1. The van der Waals surface area contributed by atoms with Crippen molar-refractivity contribution in [2.45, 2.75) is 19.4 Å². The Morgan fingerprint density at radius 1 is 1.14 bits per heavy atom. The highest BCUT2D eigenvalue weighted by atomic mass is 19.1. The van der Waals surface area contributed by atoms with Crippen LogP contribution in [0.5, 0.6) is 0 Å². The SMILES string of the molecule is COC(=O)CC(NC(=O)c1cc(-c2ccc(C)cc2)no1)c1ccc(F)cc1. The summed E-state index contributed by atoms with van der Waals surface area (Å²) in [5, 5.41) is 6.64. The molecule has 3 aromatic rings. The van der Waals surface area contributed by atoms with Crippen molar-refractivity contribution < 1.29 is 23.2 Å². The molecule has 0 aliphatic carbocycles. The van der Waals surface area contributed by atoms with Crippen molar-refractivity contribution in [1.82, 2.24) is 10.5 Å². The third-order valence-corrected chi connectivity index (χ3v) is 4.26. The molecule has 1 unspecified atom stereocenters. The van der Waals surface area contributed by atoms with E-state index in [2.05, 4.69) is 15.2 Å². The summed E-state index contributed by atoms with van der Waals surface area (Å²) >= 11 is 0. The van der Waals surface area contributed by atoms with E-state index < -0.39 is 23.7 Å². The zero-order valence-electron chi connectivity index (χ0n) is 15.4. The molecule has 28 heavy (non-hydrogen) atoms. The van der Waals surface area contributed by atoms with Gasteiger partial charge in [0, 0.05) is 11.6 Å². The summed E-state index contributed by atoms with van der Waals surface area (Å²) in [5.74, 6) is -1.45. The largest absolute Gasteiger partial charge is 0.469 e. The Kier molecular flexibility index (Phi) is 5.84. The van der Waals surface area contributed by atoms with Crippen molar-refractivity contribution >= 4 is 11.9 Å². The number of amides is 1. The average Bonchev–Trinajstić information content (AvgIpc) is 3.19. The fourth-order valence-corrected chi connectivity index (χ4v) is 2.67. The Balaban J connectivity index is 1.78. The number of hydrogen-bond donors (Lipinski definition) is 1. The lowest BCUT2D eigenvalue weighted by Gasteiger charge is -2.17. The normalized spacial score (nSPS) is 11.7. The van der Waals surface area contributed by atoms with E-state index in [0.29, 0.717) is 11.3 Å². The van der Waals surface area contributed by atoms with Gasteiger partial charge in [-0.05, 0) is 24.6 Å². The number of ether oxygens (including phenoxy) is 1. The van der Waals surface area contributed by atoms with Gasteiger partial charge in [-0.2, -0.15) is 0 Å². The third kappa shape index (κ3) is 4.62. The van der Waals surface area contributed by atoms with Gasteiger partial charge < -0.3 is 14.6 Å². The van der Waals surface area contributed by atoms with E-state index in [1.54, 1.807) is 0 Å². The van der Waals surface area contributed by atoms with E-state index in [-0.39, 0.29) is 12.2 Å². The van der Waals surface area contributed by atoms with E-state index in [1.165, 1.54) is 37.4 Å². The molecule has 1 heterocycles. The van der Waals surface area contributed by atoms with E-state index in [4.69, 9.17) is 4.52 Å². The van der Waals surface area contributed by atoms with E-state index >= 15 is 0 Å². The number of carbonyl (C=O) groups excluding carboxylic acids is 2. The molecule has 6 nitrogen and oxygen atoms in total. The van der Waals surface area contributed by atoms with Crippen LogP contribution in [-0.2, 0) is 9.53 Å². The molecule has 3 rings (SSSR count). The lowest BCUT2D eigenvalue weighted by molar-refractivity contribution is -0.141. The second-order valence-electron chi connectivity index (χ2n) is 6.30. The van der Waals surface area contributed by atoms with Gasteiger partial charge >= 0.3 is 5.97 Å². The van der Waals surface area contributed by atoms with Crippen molar-refractivity contribution in [2.75, 3.05) is 7.11 Å². The van der Waals surface area contributed by atoms with Crippen LogP contribution < -0.4 is 5.32 Å². The van der Waals surface area contributed by atoms with Gasteiger partial charge in [-0.25, -0.2) is 4.39 Å². The number of rotatable bonds is 6. The highest BCUT2D eigenvalue weighted by Gasteiger charge is 2.22. The lowest BCUT2D eigenvalue weighted by atomic mass is 10.0. The molecule has 1 amide bonds. The summed E-state index contributed by atoms with van der Waals surface area (Å²) in [4.78, 5) is 24.3. The number of carbonyl (C=O) groups is 2. The number of esters is 1. The van der Waals surface area contributed by atoms with Crippen molar-refractivity contribution in [3.63, 3.8) is 0 Å². The van der Waals surface area contributed by atoms with Gasteiger partial charge in [0.25, 0.3) is 5.91 Å². The summed E-state index contributed by atoms with van der Waals surface area (Å²) in [6, 6.07) is 14.0. The van der Waals surface area contributed by atoms with Crippen LogP contribution in [0.2, 0.25) is 0 Å². The third-order valence-electron chi connectivity index (χ3n) is 4.26. The highest BCUT2D eigenvalue weighted by Crippen LogP contribution is 2.22. The first kappa shape index (κ1) is 19.3. The minimum Gasteiger partial charge on any atom is -0.469 e. The van der Waals surface area contributed by atoms with Crippen LogP contribution >= 0.6 is 0 Å². The van der Waals surface area contributed by atoms with Crippen LogP contribution in [-0.4, -0.2) is 24.1 Å². The Morgan fingerprint density at radius 3 is 2.46 bits per heavy atom. The molecule has 0 radical (unpaired) electrons. The van der Waals surface area contributed by atoms with Crippen LogP contribution in [0.4, 0.5) is 4.39 Å². The fourth-order valence-electron chi connectivity index (χ4n) is 2.67. The molecule has 144 valence electrons. The quantitative estimate of drug-likeness (QED) is 0.656. The summed E-state index contributed by atoms with van der Waals surface area (Å²) in [7, 11) is 1.26. The molecule has 0 aliphatic heterocycles. The minimum absolute atomic E-state index is 0.00699. The summed E-state index contributed by atoms with van der Waals surface area (Å²) in [6.45, 7) is 1.97. The van der Waals surface area contributed by atoms with Gasteiger partial charge in [0.15, 0.2) is 0 Å². The van der Waals surface area contributed by atoms with Crippen molar-refractivity contribution in [1.29, 1.82) is 0 Å². The molecule has 0 saturated heterocycles. The number of nitrogens with zero attached hydrogens (tertiary/aromatic N) is 1. The minimum atomic E-state index is -0.700. The van der Waals surface area contributed by atoms with Crippen LogP contribution in [0, 0.1) is 12.7 Å². The molecule has 0 spiro atoms. The van der Waals surface area contributed by atoms with Crippen molar-refractivity contribution in [2.24, 2.45) is 0 Å². The second-order valence-corrected chi connectivity index (χ2v) is 6.30. The molecule has 0 fully saturated rings. The molecule has 1 N–H and O–H groups in total. The predicted octanol–water partition coefficient (Wildman–Crippen LogP) is 3.82. The van der Waals surface area contributed by atoms with Gasteiger partial charge in [0.1, 0.15) is 11.5 Å². The van der Waals surface area contributed by atoms with Gasteiger partial charge in [-0.1, -0.05) is 47.1 Å². The van der Waals surface area contributed by atoms with Gasteiger partial charge in [-0.15, -0.1) is 0 Å². The van der Waals surface area contributed by atoms with Crippen LogP contribution in [0.1, 0.15) is 34.1 Å². The zero-order valence-corrected chi connectivity index (χ0v) is 15.4. The number of methoxy groups -OCH3 is 1. The molecular weight excluding hydrogens is 363 g/mol. The first-order valence-electron chi connectivity index (χ1n) is 8.63. The maximum absolute atomic E-state index is 13.2. The Morgan fingerprint density at radius 2 is 1.82 bits per heavy atom. The van der Waals surface area contributed by atoms with Gasteiger partial charge in [0.05, 0.1) is 19.6 Å². The Labute approximate surface area is 161 Å². The van der Waals surface area contributed by atoms with Gasteiger partial charge in [0.2, 0.25) is 5.76 Å².